The highest BCUT2D eigenvalue weighted by Gasteiger charge is 2.28. The molecule has 0 aliphatic heterocycles. The van der Waals surface area contributed by atoms with E-state index in [4.69, 9.17) is 23.3 Å². The Hall–Kier alpha value is -2.82. The number of aliphatic hydroxyl groups excluding tert-OH is 1. The first kappa shape index (κ1) is 73.2. The van der Waals surface area contributed by atoms with E-state index in [-0.39, 0.29) is 25.9 Å². The lowest BCUT2D eigenvalue weighted by molar-refractivity contribution is -0.161. The Morgan fingerprint density at radius 1 is 0.368 bits per heavy atom. The predicted octanol–water partition coefficient (Wildman–Crippen LogP) is 18.7. The molecule has 0 aliphatic carbocycles. The number of hydrogen-bond donors (Lipinski definition) is 2. The summed E-state index contributed by atoms with van der Waals surface area (Å²) in [4.78, 5) is 48.7. The van der Waals surface area contributed by atoms with Crippen molar-refractivity contribution in [3.8, 4) is 0 Å². The minimum atomic E-state index is -4.76. The van der Waals surface area contributed by atoms with E-state index in [1.807, 2.05) is 0 Å². The average Bonchev–Trinajstić information content (AvgIpc) is 3.41. The monoisotopic (exact) mass is 1090 g/mol. The van der Waals surface area contributed by atoms with Gasteiger partial charge in [0, 0.05) is 19.3 Å². The highest BCUT2D eigenvalue weighted by molar-refractivity contribution is 7.47. The molecule has 0 saturated heterocycles. The number of phosphoric acid groups is 1. The zero-order chi connectivity index (χ0) is 55.5. The van der Waals surface area contributed by atoms with Gasteiger partial charge in [-0.15, -0.1) is 0 Å². The SMILES string of the molecule is CCCCC/C=C\C/C=C\C/C=C\CCCCCCCCC(=O)OC(COC(=O)CCCCCCCCCCCCCCCCC)COP(=O)(O)OCC(CO)OC(=O)CCCCCCC/C=C\C/C=C\CCCCC. The number of ether oxygens (including phenoxy) is 3. The molecule has 0 aromatic carbocycles. The zero-order valence-corrected chi connectivity index (χ0v) is 49.9. The van der Waals surface area contributed by atoms with Crippen molar-refractivity contribution in [1.82, 2.24) is 0 Å². The normalized spacial score (nSPS) is 13.7. The van der Waals surface area contributed by atoms with Gasteiger partial charge in [-0.05, 0) is 89.9 Å². The van der Waals surface area contributed by atoms with E-state index in [2.05, 4.69) is 81.5 Å². The number of phosphoric ester groups is 1. The molecule has 0 fully saturated rings. The lowest BCUT2D eigenvalue weighted by Gasteiger charge is -2.21. The van der Waals surface area contributed by atoms with Crippen LogP contribution in [0.3, 0.4) is 0 Å². The quantitative estimate of drug-likeness (QED) is 0.0197. The summed E-state index contributed by atoms with van der Waals surface area (Å²) in [5, 5.41) is 9.83. The highest BCUT2D eigenvalue weighted by atomic mass is 31.2. The molecule has 0 aromatic heterocycles. The average molecular weight is 1090 g/mol. The van der Waals surface area contributed by atoms with Crippen LogP contribution in [0.4, 0.5) is 0 Å². The van der Waals surface area contributed by atoms with Crippen molar-refractivity contribution in [3.05, 3.63) is 60.8 Å². The summed E-state index contributed by atoms with van der Waals surface area (Å²) >= 11 is 0. The first-order valence-corrected chi connectivity index (χ1v) is 32.7. The van der Waals surface area contributed by atoms with E-state index in [1.165, 1.54) is 116 Å². The van der Waals surface area contributed by atoms with Gasteiger partial charge in [0.1, 0.15) is 12.7 Å². The van der Waals surface area contributed by atoms with Crippen LogP contribution in [-0.2, 0) is 42.2 Å². The number of allylic oxidation sites excluding steroid dienone is 10. The second-order valence-electron chi connectivity index (χ2n) is 20.9. The van der Waals surface area contributed by atoms with Crippen LogP contribution in [0.5, 0.6) is 0 Å². The van der Waals surface area contributed by atoms with Crippen LogP contribution in [0, 0.1) is 0 Å². The Balaban J connectivity index is 4.73. The van der Waals surface area contributed by atoms with E-state index in [0.29, 0.717) is 19.3 Å². The largest absolute Gasteiger partial charge is 0.472 e. The third-order valence-corrected chi connectivity index (χ3v) is 14.4. The third kappa shape index (κ3) is 55.9. The summed E-state index contributed by atoms with van der Waals surface area (Å²) in [6.45, 7) is 4.60. The Bertz CT molecular complexity index is 1510. The minimum Gasteiger partial charge on any atom is -0.462 e. The van der Waals surface area contributed by atoms with Gasteiger partial charge in [-0.25, -0.2) is 4.57 Å². The van der Waals surface area contributed by atoms with Gasteiger partial charge in [0.05, 0.1) is 19.8 Å². The summed E-state index contributed by atoms with van der Waals surface area (Å²) in [5.74, 6) is -1.48. The highest BCUT2D eigenvalue weighted by Crippen LogP contribution is 2.43. The molecule has 0 heterocycles. The van der Waals surface area contributed by atoms with Crippen LogP contribution in [0.25, 0.3) is 0 Å². The van der Waals surface area contributed by atoms with Gasteiger partial charge in [0.25, 0.3) is 0 Å². The molecule has 0 amide bonds. The second kappa shape index (κ2) is 58.3. The molecule has 3 unspecified atom stereocenters. The summed E-state index contributed by atoms with van der Waals surface area (Å²) in [5.41, 5.74) is 0. The van der Waals surface area contributed by atoms with Crippen molar-refractivity contribution in [3.63, 3.8) is 0 Å². The first-order chi connectivity index (χ1) is 37.2. The van der Waals surface area contributed by atoms with Crippen molar-refractivity contribution in [2.45, 2.75) is 303 Å². The fourth-order valence-electron chi connectivity index (χ4n) is 8.63. The molecule has 0 saturated carbocycles. The maximum absolute atomic E-state index is 12.9. The van der Waals surface area contributed by atoms with Crippen molar-refractivity contribution in [2.24, 2.45) is 0 Å². The molecule has 0 spiro atoms. The van der Waals surface area contributed by atoms with E-state index >= 15 is 0 Å². The summed E-state index contributed by atoms with van der Waals surface area (Å²) in [6, 6.07) is 0. The Kier molecular flexibility index (Phi) is 56.2. The smallest absolute Gasteiger partial charge is 0.462 e. The second-order valence-corrected chi connectivity index (χ2v) is 22.3. The Morgan fingerprint density at radius 3 is 1.01 bits per heavy atom. The van der Waals surface area contributed by atoms with E-state index < -0.39 is 57.8 Å². The number of unbranched alkanes of at least 4 members (excludes halogenated alkanes) is 31. The molecule has 12 heteroatoms. The maximum Gasteiger partial charge on any atom is 0.472 e. The van der Waals surface area contributed by atoms with Gasteiger partial charge >= 0.3 is 25.7 Å². The summed E-state index contributed by atoms with van der Waals surface area (Å²) < 4.78 is 39.6. The molecule has 0 aliphatic rings. The van der Waals surface area contributed by atoms with Crippen LogP contribution < -0.4 is 0 Å². The molecule has 0 rings (SSSR count). The third-order valence-electron chi connectivity index (χ3n) is 13.4. The van der Waals surface area contributed by atoms with E-state index in [1.54, 1.807) is 0 Å². The van der Waals surface area contributed by atoms with Crippen LogP contribution in [0.15, 0.2) is 60.8 Å². The maximum atomic E-state index is 12.9. The van der Waals surface area contributed by atoms with Crippen LogP contribution >= 0.6 is 7.82 Å². The van der Waals surface area contributed by atoms with Gasteiger partial charge in [-0.2, -0.15) is 0 Å². The molecular weight excluding hydrogens is 976 g/mol. The molecule has 442 valence electrons. The number of hydrogen-bond acceptors (Lipinski definition) is 10. The molecule has 76 heavy (non-hydrogen) atoms. The first-order valence-electron chi connectivity index (χ1n) is 31.2. The van der Waals surface area contributed by atoms with Crippen molar-refractivity contribution in [2.75, 3.05) is 26.4 Å². The van der Waals surface area contributed by atoms with Gasteiger partial charge in [0.15, 0.2) is 6.10 Å². The van der Waals surface area contributed by atoms with E-state index in [9.17, 15) is 28.9 Å². The lowest BCUT2D eigenvalue weighted by atomic mass is 10.0. The van der Waals surface area contributed by atoms with Crippen molar-refractivity contribution in [1.29, 1.82) is 0 Å². The number of aliphatic hydroxyl groups is 1. The van der Waals surface area contributed by atoms with E-state index in [0.717, 1.165) is 116 Å². The van der Waals surface area contributed by atoms with Crippen LogP contribution in [0.1, 0.15) is 290 Å². The van der Waals surface area contributed by atoms with Gasteiger partial charge < -0.3 is 24.2 Å². The fourth-order valence-corrected chi connectivity index (χ4v) is 9.41. The Labute approximate surface area is 465 Å². The summed E-state index contributed by atoms with van der Waals surface area (Å²) in [7, 11) is -4.76. The van der Waals surface area contributed by atoms with Crippen molar-refractivity contribution >= 4 is 25.7 Å². The molecule has 0 aromatic rings. The van der Waals surface area contributed by atoms with Crippen LogP contribution in [-0.4, -0.2) is 66.5 Å². The molecule has 3 atom stereocenters. The van der Waals surface area contributed by atoms with Gasteiger partial charge in [-0.1, -0.05) is 242 Å². The Morgan fingerprint density at radius 2 is 0.645 bits per heavy atom. The number of rotatable bonds is 58. The molecule has 0 bridgehead atoms. The standard InChI is InChI=1S/C64H115O11P/c1-4-7-10-13-16-19-22-25-28-29-30-31-34-37-40-43-46-49-52-55-64(68)75-61(57-71-62(66)53-50-47-44-41-38-35-32-26-23-20-17-14-11-8-5-2)59-73-76(69,70)72-58-60(56-65)74-63(67)54-51-48-45-42-39-36-33-27-24-21-18-15-12-9-6-3/h16,18-19,21,25,27-28,30-31,33,60-61,65H,4-15,17,20,22-24,26,29,32,34-59H2,1-3H3,(H,69,70)/b19-16-,21-18-,28-25-,31-30-,33-27-. The summed E-state index contributed by atoms with van der Waals surface area (Å²) in [6.07, 6.45) is 64.5. The molecule has 0 radical (unpaired) electrons. The zero-order valence-electron chi connectivity index (χ0n) is 49.0. The lowest BCUT2D eigenvalue weighted by Crippen LogP contribution is -2.30. The minimum absolute atomic E-state index is 0.153. The predicted molar refractivity (Wildman–Crippen MR) is 316 cm³/mol. The topological polar surface area (TPSA) is 155 Å². The number of carbonyl (C=O) groups is 3. The van der Waals surface area contributed by atoms with Crippen molar-refractivity contribution < 1.29 is 52.2 Å². The number of esters is 3. The molecule has 2 N–H and O–H groups in total. The van der Waals surface area contributed by atoms with Gasteiger partial charge in [0.2, 0.25) is 0 Å². The fraction of sp³-hybridized carbons (Fsp3) is 0.797. The molecule has 11 nitrogen and oxygen atoms in total. The number of carbonyl (C=O) groups excluding carboxylic acids is 3. The van der Waals surface area contributed by atoms with Gasteiger partial charge in [-0.3, -0.25) is 23.4 Å². The van der Waals surface area contributed by atoms with Crippen LogP contribution in [0.2, 0.25) is 0 Å². The molecular formula is C64H115O11P.